The molecule has 1 unspecified atom stereocenters. The van der Waals surface area contributed by atoms with Crippen molar-refractivity contribution < 1.29 is 33.9 Å². The second-order valence-electron chi connectivity index (χ2n) is 9.78. The van der Waals surface area contributed by atoms with Gasteiger partial charge in [-0.25, -0.2) is 5.48 Å². The molecule has 1 aliphatic heterocycles. The van der Waals surface area contributed by atoms with Gasteiger partial charge in [0.2, 0.25) is 11.8 Å². The van der Waals surface area contributed by atoms with Crippen molar-refractivity contribution in [3.05, 3.63) is 54.1 Å². The van der Waals surface area contributed by atoms with Crippen LogP contribution >= 0.6 is 0 Å². The molecule has 2 fully saturated rings. The van der Waals surface area contributed by atoms with E-state index in [1.165, 1.54) is 5.56 Å². The molecule has 1 aliphatic carbocycles. The van der Waals surface area contributed by atoms with Crippen LogP contribution in [-0.4, -0.2) is 55.7 Å². The number of hydroxylamine groups is 1. The van der Waals surface area contributed by atoms with Crippen molar-refractivity contribution in [1.82, 2.24) is 10.4 Å². The number of aryl methyl sites for hydroxylation is 1. The lowest BCUT2D eigenvalue weighted by atomic mass is 9.74. The number of rotatable bonds is 4. The molecular formula is C29H40N2O7. The normalized spacial score (nSPS) is 18.8. The lowest BCUT2D eigenvalue weighted by Crippen LogP contribution is -2.43. The maximum atomic E-state index is 11.7. The third kappa shape index (κ3) is 8.99. The van der Waals surface area contributed by atoms with Crippen LogP contribution in [0.5, 0.6) is 17.2 Å². The molecule has 0 aromatic heterocycles. The molecule has 208 valence electrons. The molecule has 0 bridgehead atoms. The Balaban J connectivity index is 0.000000338. The number of carbonyl (C=O) groups excluding carboxylic acids is 4. The molecular weight excluding hydrogens is 488 g/mol. The van der Waals surface area contributed by atoms with E-state index in [1.807, 2.05) is 73.9 Å². The van der Waals surface area contributed by atoms with Gasteiger partial charge in [0.25, 0.3) is 0 Å². The monoisotopic (exact) mass is 528 g/mol. The minimum Gasteiger partial charge on any atom is -0.497 e. The molecule has 1 saturated carbocycles. The zero-order valence-electron chi connectivity index (χ0n) is 22.8. The molecule has 4 rings (SSSR count). The Bertz CT molecular complexity index is 1000. The minimum absolute atomic E-state index is 0.138. The Kier molecular flexibility index (Phi) is 13.2. The number of ether oxygens (including phenoxy) is 2. The summed E-state index contributed by atoms with van der Waals surface area (Å²) in [7, 11) is 1.65. The van der Waals surface area contributed by atoms with Crippen LogP contribution in [0.25, 0.3) is 0 Å². The van der Waals surface area contributed by atoms with Crippen molar-refractivity contribution >= 4 is 25.4 Å². The molecule has 2 aliphatic rings. The summed E-state index contributed by atoms with van der Waals surface area (Å²) < 4.78 is 10.8. The zero-order chi connectivity index (χ0) is 28.8. The van der Waals surface area contributed by atoms with Gasteiger partial charge in [0.1, 0.15) is 30.8 Å². The maximum Gasteiger partial charge on any atom is 0.249 e. The molecule has 9 nitrogen and oxygen atoms in total. The Hall–Kier alpha value is -3.72. The standard InChI is InChI=1S/C14H14O2.C13H22N2O3.2CH2O/c1-11-3-5-13(6-4-11)16-14-9-7-12(15-2)8-10-14;1-10(16)15-7-5-13(6-8-15)4-3-12(2,9-13)11(17)14-18;2*1-2/h3-10H,1-2H3;18H,3-9H2,1-2H3,(H,14,17);2*1H2. The number of methoxy groups -OCH3 is 1. The van der Waals surface area contributed by atoms with Gasteiger partial charge in [-0.3, -0.25) is 14.8 Å². The van der Waals surface area contributed by atoms with Gasteiger partial charge in [-0.2, -0.15) is 0 Å². The second-order valence-corrected chi connectivity index (χ2v) is 9.78. The first-order chi connectivity index (χ1) is 18.2. The lowest BCUT2D eigenvalue weighted by Gasteiger charge is -2.40. The molecule has 0 radical (unpaired) electrons. The largest absolute Gasteiger partial charge is 0.497 e. The first kappa shape index (κ1) is 32.3. The molecule has 1 saturated heterocycles. The summed E-state index contributed by atoms with van der Waals surface area (Å²) in [6, 6.07) is 15.5. The Morgan fingerprint density at radius 1 is 0.868 bits per heavy atom. The van der Waals surface area contributed by atoms with Gasteiger partial charge < -0.3 is 24.0 Å². The van der Waals surface area contributed by atoms with Crippen LogP contribution in [0.3, 0.4) is 0 Å². The van der Waals surface area contributed by atoms with E-state index in [9.17, 15) is 9.59 Å². The summed E-state index contributed by atoms with van der Waals surface area (Å²) >= 11 is 0. The second kappa shape index (κ2) is 15.5. The van der Waals surface area contributed by atoms with E-state index in [0.717, 1.165) is 62.4 Å². The maximum absolute atomic E-state index is 11.7. The molecule has 2 aromatic rings. The fourth-order valence-corrected chi connectivity index (χ4v) is 4.98. The quantitative estimate of drug-likeness (QED) is 0.434. The number of piperidine rings is 1. The summed E-state index contributed by atoms with van der Waals surface area (Å²) in [6.07, 6.45) is 4.60. The summed E-state index contributed by atoms with van der Waals surface area (Å²) in [4.78, 5) is 40.9. The number of hydrogen-bond acceptors (Lipinski definition) is 7. The van der Waals surface area contributed by atoms with Crippen molar-refractivity contribution in [3.63, 3.8) is 0 Å². The van der Waals surface area contributed by atoms with Crippen molar-refractivity contribution in [2.24, 2.45) is 10.8 Å². The molecule has 2 amide bonds. The SMILES string of the molecule is C=O.C=O.CC(=O)N1CCC2(CC1)CCC(C)(C(=O)NO)C2.COc1ccc(Oc2ccc(C)cc2)cc1. The van der Waals surface area contributed by atoms with Gasteiger partial charge in [-0.1, -0.05) is 24.6 Å². The highest BCUT2D eigenvalue weighted by Gasteiger charge is 2.50. The number of carbonyl (C=O) groups is 4. The molecule has 1 heterocycles. The lowest BCUT2D eigenvalue weighted by molar-refractivity contribution is -0.139. The Morgan fingerprint density at radius 2 is 1.34 bits per heavy atom. The van der Waals surface area contributed by atoms with Crippen molar-refractivity contribution in [2.45, 2.75) is 52.9 Å². The fraction of sp³-hybridized carbons (Fsp3) is 0.448. The first-order valence-corrected chi connectivity index (χ1v) is 12.3. The van der Waals surface area contributed by atoms with Gasteiger partial charge in [0.05, 0.1) is 7.11 Å². The van der Waals surface area contributed by atoms with E-state index >= 15 is 0 Å². The molecule has 38 heavy (non-hydrogen) atoms. The summed E-state index contributed by atoms with van der Waals surface area (Å²) in [6.45, 7) is 11.2. The van der Waals surface area contributed by atoms with E-state index in [-0.39, 0.29) is 17.2 Å². The van der Waals surface area contributed by atoms with Gasteiger partial charge in [-0.05, 0) is 80.8 Å². The Labute approximate surface area is 225 Å². The van der Waals surface area contributed by atoms with Crippen LogP contribution in [0.4, 0.5) is 0 Å². The van der Waals surface area contributed by atoms with E-state index in [2.05, 4.69) is 6.92 Å². The van der Waals surface area contributed by atoms with Gasteiger partial charge in [0, 0.05) is 25.4 Å². The summed E-state index contributed by atoms with van der Waals surface area (Å²) in [5.41, 5.74) is 2.75. The fourth-order valence-electron chi connectivity index (χ4n) is 4.98. The van der Waals surface area contributed by atoms with Crippen LogP contribution in [0.2, 0.25) is 0 Å². The predicted octanol–water partition coefficient (Wildman–Crippen LogP) is 4.74. The van der Waals surface area contributed by atoms with E-state index in [1.54, 1.807) is 19.5 Å². The number of nitrogens with one attached hydrogen (secondary N) is 1. The van der Waals surface area contributed by atoms with Gasteiger partial charge in [0.15, 0.2) is 0 Å². The average Bonchev–Trinajstić information content (AvgIpc) is 3.29. The molecule has 2 aromatic carbocycles. The number of amides is 2. The van der Waals surface area contributed by atoms with Gasteiger partial charge >= 0.3 is 0 Å². The van der Waals surface area contributed by atoms with E-state index < -0.39 is 5.41 Å². The third-order valence-electron chi connectivity index (χ3n) is 7.21. The first-order valence-electron chi connectivity index (χ1n) is 12.3. The molecule has 1 spiro atoms. The van der Waals surface area contributed by atoms with Crippen molar-refractivity contribution in [2.75, 3.05) is 20.2 Å². The molecule has 9 heteroatoms. The average molecular weight is 529 g/mol. The highest BCUT2D eigenvalue weighted by Crippen LogP contribution is 2.54. The van der Waals surface area contributed by atoms with Crippen LogP contribution < -0.4 is 15.0 Å². The van der Waals surface area contributed by atoms with Crippen molar-refractivity contribution in [1.29, 1.82) is 0 Å². The van der Waals surface area contributed by atoms with E-state index in [0.29, 0.717) is 0 Å². The van der Waals surface area contributed by atoms with Crippen LogP contribution in [0, 0.1) is 17.8 Å². The Morgan fingerprint density at radius 3 is 1.79 bits per heavy atom. The molecule has 1 atom stereocenters. The number of benzene rings is 2. The minimum atomic E-state index is -0.451. The van der Waals surface area contributed by atoms with Crippen LogP contribution in [-0.2, 0) is 19.2 Å². The zero-order valence-corrected chi connectivity index (χ0v) is 22.8. The molecule has 2 N–H and O–H groups in total. The predicted molar refractivity (Wildman–Crippen MR) is 144 cm³/mol. The number of hydrogen-bond donors (Lipinski definition) is 2. The van der Waals surface area contributed by atoms with Crippen LogP contribution in [0.1, 0.15) is 51.5 Å². The summed E-state index contributed by atoms with van der Waals surface area (Å²) in [5.74, 6) is 2.35. The number of likely N-dealkylation sites (tertiary alicyclic amines) is 1. The smallest absolute Gasteiger partial charge is 0.249 e. The van der Waals surface area contributed by atoms with Crippen molar-refractivity contribution in [3.8, 4) is 17.2 Å². The highest BCUT2D eigenvalue weighted by molar-refractivity contribution is 5.81. The topological polar surface area (TPSA) is 122 Å². The van der Waals surface area contributed by atoms with E-state index in [4.69, 9.17) is 24.3 Å². The summed E-state index contributed by atoms with van der Waals surface area (Å²) in [5, 5.41) is 8.81. The highest BCUT2D eigenvalue weighted by atomic mass is 16.5. The van der Waals surface area contributed by atoms with Crippen LogP contribution in [0.15, 0.2) is 48.5 Å². The third-order valence-corrected chi connectivity index (χ3v) is 7.21. The van der Waals surface area contributed by atoms with Gasteiger partial charge in [-0.15, -0.1) is 0 Å². The number of nitrogens with zero attached hydrogens (tertiary/aromatic N) is 1.